The fraction of sp³-hybridized carbons (Fsp3) is 0.400. The Balaban J connectivity index is 1.51. The molecule has 0 amide bonds. The summed E-state index contributed by atoms with van der Waals surface area (Å²) < 4.78 is 5.57. The largest absolute Gasteiger partial charge is 0.496 e. The van der Waals surface area contributed by atoms with Crippen molar-refractivity contribution in [2.75, 3.05) is 25.1 Å². The summed E-state index contributed by atoms with van der Waals surface area (Å²) >= 11 is 1.86. The number of ether oxygens (including phenoxy) is 1. The summed E-state index contributed by atoms with van der Waals surface area (Å²) in [6.07, 6.45) is 6.53. The summed E-state index contributed by atoms with van der Waals surface area (Å²) in [5.41, 5.74) is 2.82. The van der Waals surface area contributed by atoms with Crippen LogP contribution in [0, 0.1) is 0 Å². The summed E-state index contributed by atoms with van der Waals surface area (Å²) in [6.45, 7) is 2.04. The van der Waals surface area contributed by atoms with E-state index in [-0.39, 0.29) is 0 Å². The van der Waals surface area contributed by atoms with Gasteiger partial charge >= 0.3 is 0 Å². The number of anilines is 1. The van der Waals surface area contributed by atoms with Crippen LogP contribution in [0.4, 0.5) is 5.82 Å². The van der Waals surface area contributed by atoms with Gasteiger partial charge in [-0.05, 0) is 42.9 Å². The predicted octanol–water partition coefficient (Wildman–Crippen LogP) is 4.18. The lowest BCUT2D eigenvalue weighted by atomic mass is 9.97. The van der Waals surface area contributed by atoms with Gasteiger partial charge in [-0.1, -0.05) is 18.2 Å². The Kier molecular flexibility index (Phi) is 3.63. The number of aromatic nitrogens is 2. The summed E-state index contributed by atoms with van der Waals surface area (Å²) in [6, 6.07) is 8.41. The maximum atomic E-state index is 5.57. The number of methoxy groups -OCH3 is 1. The molecule has 2 aliphatic rings. The van der Waals surface area contributed by atoms with E-state index in [1.807, 2.05) is 17.4 Å². The van der Waals surface area contributed by atoms with Crippen LogP contribution in [0.5, 0.6) is 5.75 Å². The molecule has 1 aliphatic heterocycles. The number of thiophene rings is 1. The van der Waals surface area contributed by atoms with Gasteiger partial charge in [-0.15, -0.1) is 11.3 Å². The molecule has 0 radical (unpaired) electrons. The molecule has 2 aromatic heterocycles. The molecule has 0 bridgehead atoms. The first-order valence-electron chi connectivity index (χ1n) is 8.98. The average molecular weight is 351 g/mol. The maximum Gasteiger partial charge on any atom is 0.141 e. The number of hydrogen-bond acceptors (Lipinski definition) is 5. The molecule has 0 N–H and O–H groups in total. The normalized spacial score (nSPS) is 19.6. The van der Waals surface area contributed by atoms with Crippen LogP contribution in [0.15, 0.2) is 30.6 Å². The van der Waals surface area contributed by atoms with Gasteiger partial charge in [0.05, 0.1) is 12.5 Å². The third kappa shape index (κ3) is 2.41. The van der Waals surface area contributed by atoms with Crippen molar-refractivity contribution in [3.05, 3.63) is 46.6 Å². The fourth-order valence-electron chi connectivity index (χ4n) is 4.36. The molecular formula is C20H21N3OS. The summed E-state index contributed by atoms with van der Waals surface area (Å²) in [4.78, 5) is 14.4. The van der Waals surface area contributed by atoms with Crippen LogP contribution in [0.25, 0.3) is 10.2 Å². The highest BCUT2D eigenvalue weighted by molar-refractivity contribution is 7.19. The van der Waals surface area contributed by atoms with E-state index in [9.17, 15) is 0 Å². The van der Waals surface area contributed by atoms with E-state index < -0.39 is 0 Å². The molecule has 0 saturated carbocycles. The van der Waals surface area contributed by atoms with Crippen molar-refractivity contribution in [2.45, 2.75) is 31.6 Å². The van der Waals surface area contributed by atoms with E-state index in [4.69, 9.17) is 9.72 Å². The van der Waals surface area contributed by atoms with Gasteiger partial charge in [0.2, 0.25) is 0 Å². The minimum absolute atomic E-state index is 0.493. The average Bonchev–Trinajstić information content (AvgIpc) is 3.36. The van der Waals surface area contributed by atoms with Gasteiger partial charge in [0.15, 0.2) is 0 Å². The van der Waals surface area contributed by atoms with Crippen molar-refractivity contribution < 1.29 is 4.74 Å². The second kappa shape index (κ2) is 5.99. The molecule has 3 heterocycles. The van der Waals surface area contributed by atoms with Gasteiger partial charge in [-0.2, -0.15) is 0 Å². The number of fused-ring (bicyclic) bond motifs is 3. The SMILES string of the molecule is COc1ccccc1C1CCN(c2ncnc3sc4c(c23)CCC4)C1. The summed E-state index contributed by atoms with van der Waals surface area (Å²) in [5, 5.41) is 1.32. The molecule has 25 heavy (non-hydrogen) atoms. The summed E-state index contributed by atoms with van der Waals surface area (Å²) in [7, 11) is 1.76. The minimum atomic E-state index is 0.493. The van der Waals surface area contributed by atoms with Crippen molar-refractivity contribution in [3.63, 3.8) is 0 Å². The molecule has 128 valence electrons. The van der Waals surface area contributed by atoms with E-state index in [1.165, 1.54) is 40.7 Å². The zero-order valence-electron chi connectivity index (χ0n) is 14.4. The smallest absolute Gasteiger partial charge is 0.141 e. The van der Waals surface area contributed by atoms with Gasteiger partial charge in [0.1, 0.15) is 22.7 Å². The first kappa shape index (κ1) is 15.1. The van der Waals surface area contributed by atoms with Crippen LogP contribution in [0.2, 0.25) is 0 Å². The Morgan fingerprint density at radius 1 is 1.20 bits per heavy atom. The Morgan fingerprint density at radius 2 is 2.12 bits per heavy atom. The van der Waals surface area contributed by atoms with Crippen molar-refractivity contribution >= 4 is 27.4 Å². The quantitative estimate of drug-likeness (QED) is 0.709. The van der Waals surface area contributed by atoms with Gasteiger partial charge in [0.25, 0.3) is 0 Å². The van der Waals surface area contributed by atoms with E-state index in [2.05, 4.69) is 28.1 Å². The van der Waals surface area contributed by atoms with Gasteiger partial charge in [0, 0.05) is 23.9 Å². The molecule has 4 nitrogen and oxygen atoms in total. The van der Waals surface area contributed by atoms with E-state index in [1.54, 1.807) is 13.4 Å². The first-order valence-corrected chi connectivity index (χ1v) is 9.80. The molecule has 5 rings (SSSR count). The van der Waals surface area contributed by atoms with Crippen LogP contribution in [-0.2, 0) is 12.8 Å². The second-order valence-corrected chi connectivity index (χ2v) is 7.99. The second-order valence-electron chi connectivity index (χ2n) is 6.91. The Hall–Kier alpha value is -2.14. The molecule has 3 aromatic rings. The molecule has 1 saturated heterocycles. The van der Waals surface area contributed by atoms with E-state index in [0.29, 0.717) is 5.92 Å². The Bertz CT molecular complexity index is 936. The fourth-order valence-corrected chi connectivity index (χ4v) is 5.59. The van der Waals surface area contributed by atoms with Crippen LogP contribution < -0.4 is 9.64 Å². The van der Waals surface area contributed by atoms with Gasteiger partial charge in [-0.25, -0.2) is 9.97 Å². The number of rotatable bonds is 3. The lowest BCUT2D eigenvalue weighted by Gasteiger charge is -2.19. The molecule has 5 heteroatoms. The molecular weight excluding hydrogens is 330 g/mol. The number of para-hydroxylation sites is 1. The molecule has 1 unspecified atom stereocenters. The highest BCUT2D eigenvalue weighted by Crippen LogP contribution is 2.42. The van der Waals surface area contributed by atoms with Crippen molar-refractivity contribution in [3.8, 4) is 5.75 Å². The van der Waals surface area contributed by atoms with E-state index in [0.717, 1.165) is 35.9 Å². The molecule has 0 spiro atoms. The third-order valence-electron chi connectivity index (χ3n) is 5.55. The minimum Gasteiger partial charge on any atom is -0.496 e. The standard InChI is InChI=1S/C20H21N3OS/c1-24-16-7-3-2-5-14(16)13-9-10-23(11-13)19-18-15-6-4-8-17(15)25-20(18)22-12-21-19/h2-3,5,7,12-13H,4,6,8-11H2,1H3. The number of nitrogens with zero attached hydrogens (tertiary/aromatic N) is 3. The topological polar surface area (TPSA) is 38.2 Å². The van der Waals surface area contributed by atoms with Crippen LogP contribution in [-0.4, -0.2) is 30.2 Å². The monoisotopic (exact) mass is 351 g/mol. The molecule has 1 atom stereocenters. The number of benzene rings is 1. The molecule has 1 aromatic carbocycles. The van der Waals surface area contributed by atoms with Crippen molar-refractivity contribution in [2.24, 2.45) is 0 Å². The lowest BCUT2D eigenvalue weighted by Crippen LogP contribution is -2.21. The van der Waals surface area contributed by atoms with Crippen molar-refractivity contribution in [1.29, 1.82) is 0 Å². The predicted molar refractivity (Wildman–Crippen MR) is 102 cm³/mol. The first-order chi connectivity index (χ1) is 12.3. The number of hydrogen-bond donors (Lipinski definition) is 0. The van der Waals surface area contributed by atoms with Crippen LogP contribution in [0.1, 0.15) is 34.8 Å². The zero-order chi connectivity index (χ0) is 16.8. The van der Waals surface area contributed by atoms with Gasteiger partial charge < -0.3 is 9.64 Å². The van der Waals surface area contributed by atoms with Crippen LogP contribution in [0.3, 0.4) is 0 Å². The Labute approximate surface area is 151 Å². The van der Waals surface area contributed by atoms with E-state index >= 15 is 0 Å². The van der Waals surface area contributed by atoms with Crippen LogP contribution >= 0.6 is 11.3 Å². The molecule has 1 fully saturated rings. The van der Waals surface area contributed by atoms with Gasteiger partial charge in [-0.3, -0.25) is 0 Å². The highest BCUT2D eigenvalue weighted by atomic mass is 32.1. The third-order valence-corrected chi connectivity index (χ3v) is 6.75. The maximum absolute atomic E-state index is 5.57. The Morgan fingerprint density at radius 3 is 3.04 bits per heavy atom. The zero-order valence-corrected chi connectivity index (χ0v) is 15.2. The molecule has 1 aliphatic carbocycles. The number of aryl methyl sites for hydroxylation is 2. The lowest BCUT2D eigenvalue weighted by molar-refractivity contribution is 0.406. The summed E-state index contributed by atoms with van der Waals surface area (Å²) in [5.74, 6) is 2.63. The van der Waals surface area contributed by atoms with Crippen molar-refractivity contribution in [1.82, 2.24) is 9.97 Å². The highest BCUT2D eigenvalue weighted by Gasteiger charge is 2.30.